The number of hydrogen-bond donors (Lipinski definition) is 7. The number of aliphatic hydroxyl groups excluding tert-OH is 4. The highest BCUT2D eigenvalue weighted by Crippen LogP contribution is 2.25. The lowest BCUT2D eigenvalue weighted by Crippen LogP contribution is -2.60. The Hall–Kier alpha value is -2.77. The molecule has 0 aliphatic carbocycles. The molecule has 0 aromatic heterocycles. The summed E-state index contributed by atoms with van der Waals surface area (Å²) < 4.78 is 10.9. The van der Waals surface area contributed by atoms with Crippen LogP contribution in [0.1, 0.15) is 110 Å². The molecule has 0 saturated carbocycles. The molecule has 1 aromatic carbocycles. The van der Waals surface area contributed by atoms with Gasteiger partial charge in [-0.05, 0) is 44.0 Å². The highest BCUT2D eigenvalue weighted by Gasteiger charge is 2.44. The van der Waals surface area contributed by atoms with Crippen molar-refractivity contribution in [3.05, 3.63) is 24.3 Å². The maximum atomic E-state index is 12.3. The van der Waals surface area contributed by atoms with Gasteiger partial charge in [0.05, 0.1) is 6.61 Å². The first-order valence-corrected chi connectivity index (χ1v) is 16.5. The molecule has 0 bridgehead atoms. The number of aliphatic hydroxyl groups is 4. The van der Waals surface area contributed by atoms with Crippen LogP contribution in [-0.4, -0.2) is 86.7 Å². The molecule has 12 heteroatoms. The second kappa shape index (κ2) is 21.9. The summed E-state index contributed by atoms with van der Waals surface area (Å²) in [5, 5.41) is 53.3. The smallest absolute Gasteiger partial charge is 0.325 e. The van der Waals surface area contributed by atoms with E-state index in [-0.39, 0.29) is 11.8 Å². The monoisotopic (exact) mass is 638 g/mol. The third-order valence-corrected chi connectivity index (χ3v) is 8.04. The molecule has 12 nitrogen and oxygen atoms in total. The van der Waals surface area contributed by atoms with Crippen molar-refractivity contribution < 1.29 is 49.4 Å². The van der Waals surface area contributed by atoms with E-state index in [0.29, 0.717) is 24.3 Å². The first-order valence-electron chi connectivity index (χ1n) is 16.5. The van der Waals surface area contributed by atoms with Crippen LogP contribution in [0, 0.1) is 0 Å². The Balaban J connectivity index is 1.41. The molecule has 1 unspecified atom stereocenters. The van der Waals surface area contributed by atoms with E-state index in [1.54, 1.807) is 24.3 Å². The number of ether oxygens (including phenoxy) is 2. The van der Waals surface area contributed by atoms with E-state index in [4.69, 9.17) is 14.6 Å². The largest absolute Gasteiger partial charge is 0.480 e. The second-order valence-electron chi connectivity index (χ2n) is 12.0. The third kappa shape index (κ3) is 15.4. The van der Waals surface area contributed by atoms with Crippen LogP contribution in [0.25, 0.3) is 0 Å². The van der Waals surface area contributed by atoms with Crippen LogP contribution in [0.3, 0.4) is 0 Å². The summed E-state index contributed by atoms with van der Waals surface area (Å²) >= 11 is 0. The van der Waals surface area contributed by atoms with Crippen LogP contribution in [-0.2, 0) is 19.1 Å². The van der Waals surface area contributed by atoms with Gasteiger partial charge in [0.2, 0.25) is 18.1 Å². The van der Waals surface area contributed by atoms with E-state index < -0.39 is 49.3 Å². The van der Waals surface area contributed by atoms with Crippen molar-refractivity contribution in [1.29, 1.82) is 0 Å². The molecule has 1 aliphatic rings. The van der Waals surface area contributed by atoms with Crippen molar-refractivity contribution >= 4 is 23.5 Å². The number of carboxylic acids is 1. The predicted octanol–water partition coefficient (Wildman–Crippen LogP) is 3.63. The van der Waals surface area contributed by atoms with Gasteiger partial charge in [0.15, 0.2) is 0 Å². The number of carbonyl (C=O) groups excluding carboxylic acids is 2. The van der Waals surface area contributed by atoms with Gasteiger partial charge in [0, 0.05) is 18.5 Å². The lowest BCUT2D eigenvalue weighted by atomic mass is 9.99. The number of amides is 2. The highest BCUT2D eigenvalue weighted by atomic mass is 16.7. The molecule has 2 rings (SSSR count). The van der Waals surface area contributed by atoms with Crippen molar-refractivity contribution in [3.8, 4) is 5.75 Å². The van der Waals surface area contributed by atoms with E-state index >= 15 is 0 Å². The zero-order chi connectivity index (χ0) is 33.0. The molecule has 45 heavy (non-hydrogen) atoms. The summed E-state index contributed by atoms with van der Waals surface area (Å²) in [5.74, 6) is -0.937. The lowest BCUT2D eigenvalue weighted by molar-refractivity contribution is -0.277. The van der Waals surface area contributed by atoms with Crippen molar-refractivity contribution in [3.63, 3.8) is 0 Å². The van der Waals surface area contributed by atoms with Crippen LogP contribution in [0.4, 0.5) is 5.69 Å². The van der Waals surface area contributed by atoms with Crippen LogP contribution in [0.5, 0.6) is 5.75 Å². The van der Waals surface area contributed by atoms with Gasteiger partial charge in [-0.2, -0.15) is 0 Å². The fraction of sp³-hybridized carbons (Fsp3) is 0.727. The van der Waals surface area contributed by atoms with E-state index in [1.165, 1.54) is 58.3 Å². The van der Waals surface area contributed by atoms with Gasteiger partial charge in [-0.1, -0.05) is 77.0 Å². The second-order valence-corrected chi connectivity index (χ2v) is 12.0. The maximum absolute atomic E-state index is 12.3. The number of rotatable bonds is 23. The molecule has 0 radical (unpaired) electrons. The molecule has 6 atom stereocenters. The summed E-state index contributed by atoms with van der Waals surface area (Å²) in [4.78, 5) is 34.7. The number of aliphatic carboxylic acids is 1. The molecule has 1 saturated heterocycles. The number of nitrogens with one attached hydrogen (secondary N) is 2. The van der Waals surface area contributed by atoms with Crippen molar-refractivity contribution in [2.75, 3.05) is 11.9 Å². The topological polar surface area (TPSA) is 195 Å². The van der Waals surface area contributed by atoms with Gasteiger partial charge < -0.3 is 45.6 Å². The molecule has 1 aromatic rings. The SMILES string of the molecule is CC(NC(=O)CCCCCCCCCCCCCCCCC(=O)Nc1ccc(O[C@@H]2O[C@H](CO)[C@@H](O)[C@H](O)[C@H]2O)cc1)C(=O)O. The summed E-state index contributed by atoms with van der Waals surface area (Å²) in [5.41, 5.74) is 0.606. The minimum absolute atomic E-state index is 0.0616. The number of hydrogen-bond acceptors (Lipinski definition) is 9. The Bertz CT molecular complexity index is 990. The first-order chi connectivity index (χ1) is 21.6. The minimum Gasteiger partial charge on any atom is -0.480 e. The van der Waals surface area contributed by atoms with Crippen LogP contribution in [0.2, 0.25) is 0 Å². The molecular formula is C33H54N2O10. The molecule has 1 fully saturated rings. The van der Waals surface area contributed by atoms with Gasteiger partial charge in [-0.25, -0.2) is 0 Å². The van der Waals surface area contributed by atoms with E-state index in [9.17, 15) is 34.8 Å². The number of unbranched alkanes of at least 4 members (excludes halogenated alkanes) is 13. The highest BCUT2D eigenvalue weighted by molar-refractivity contribution is 5.90. The van der Waals surface area contributed by atoms with Gasteiger partial charge >= 0.3 is 5.97 Å². The number of anilines is 1. The zero-order valence-corrected chi connectivity index (χ0v) is 26.6. The van der Waals surface area contributed by atoms with E-state index in [0.717, 1.165) is 38.5 Å². The average molecular weight is 639 g/mol. The summed E-state index contributed by atoms with van der Waals surface area (Å²) in [7, 11) is 0. The number of benzene rings is 1. The fourth-order valence-electron chi connectivity index (χ4n) is 5.21. The Labute approximate surface area is 266 Å². The molecule has 256 valence electrons. The van der Waals surface area contributed by atoms with E-state index in [2.05, 4.69) is 10.6 Å². The zero-order valence-electron chi connectivity index (χ0n) is 26.6. The fourth-order valence-corrected chi connectivity index (χ4v) is 5.21. The molecule has 1 heterocycles. The van der Waals surface area contributed by atoms with Gasteiger partial charge in [0.25, 0.3) is 0 Å². The Morgan fingerprint density at radius 3 is 1.67 bits per heavy atom. The van der Waals surface area contributed by atoms with Gasteiger partial charge in [0.1, 0.15) is 36.2 Å². The van der Waals surface area contributed by atoms with Gasteiger partial charge in [-0.3, -0.25) is 14.4 Å². The van der Waals surface area contributed by atoms with Crippen LogP contribution < -0.4 is 15.4 Å². The molecule has 1 aliphatic heterocycles. The standard InChI is InChI=1S/C33H54N2O10/c1-23(32(42)43)34-27(37)16-14-12-10-8-6-4-2-3-5-7-9-11-13-15-17-28(38)35-24-18-20-25(21-19-24)44-33-31(41)30(40)29(39)26(22-36)45-33/h18-21,23,26,29-31,33,36,39-41H,2-17,22H2,1H3,(H,34,37)(H,35,38)(H,42,43)/t23?,26-,29-,30+,31-,33-/m1/s1. The van der Waals surface area contributed by atoms with Crippen LogP contribution >= 0.6 is 0 Å². The normalized spacial score (nSPS) is 22.0. The molecule has 2 amide bonds. The van der Waals surface area contributed by atoms with Crippen LogP contribution in [0.15, 0.2) is 24.3 Å². The van der Waals surface area contributed by atoms with E-state index in [1.807, 2.05) is 0 Å². The summed E-state index contributed by atoms with van der Waals surface area (Å²) in [6.45, 7) is 0.931. The Kier molecular flexibility index (Phi) is 18.7. The van der Waals surface area contributed by atoms with Gasteiger partial charge in [-0.15, -0.1) is 0 Å². The summed E-state index contributed by atoms with van der Waals surface area (Å²) in [6, 6.07) is 5.68. The molecule has 7 N–H and O–H groups in total. The Morgan fingerprint density at radius 1 is 0.733 bits per heavy atom. The minimum atomic E-state index is -1.52. The first kappa shape index (κ1) is 38.4. The average Bonchev–Trinajstić information content (AvgIpc) is 3.01. The molecule has 0 spiro atoms. The number of carboxylic acid groups (broad SMARTS) is 1. The molecular weight excluding hydrogens is 584 g/mol. The summed E-state index contributed by atoms with van der Waals surface area (Å²) in [6.07, 6.45) is 9.66. The predicted molar refractivity (Wildman–Crippen MR) is 169 cm³/mol. The van der Waals surface area contributed by atoms with Crippen molar-refractivity contribution in [2.24, 2.45) is 0 Å². The maximum Gasteiger partial charge on any atom is 0.325 e. The van der Waals surface area contributed by atoms with Crippen molar-refractivity contribution in [1.82, 2.24) is 5.32 Å². The quantitative estimate of drug-likeness (QED) is 0.0870. The van der Waals surface area contributed by atoms with Crippen molar-refractivity contribution in [2.45, 2.75) is 146 Å². The number of carbonyl (C=O) groups is 3. The third-order valence-electron chi connectivity index (χ3n) is 8.04. The lowest BCUT2D eigenvalue weighted by Gasteiger charge is -2.39. The Morgan fingerprint density at radius 2 is 1.20 bits per heavy atom.